The third-order valence-electron chi connectivity index (χ3n) is 4.66. The summed E-state index contributed by atoms with van der Waals surface area (Å²) in [6.45, 7) is 2.23. The van der Waals surface area contributed by atoms with Crippen LogP contribution < -0.4 is 10.2 Å². The number of anilines is 1. The van der Waals surface area contributed by atoms with E-state index >= 15 is 0 Å². The number of rotatable bonds is 6. The molecule has 1 aliphatic heterocycles. The molecule has 0 saturated carbocycles. The van der Waals surface area contributed by atoms with E-state index in [0.717, 1.165) is 31.6 Å². The fourth-order valence-electron chi connectivity index (χ4n) is 3.27. The Morgan fingerprint density at radius 2 is 2.22 bits per heavy atom. The second-order valence-corrected chi connectivity index (χ2v) is 7.51. The Balaban J connectivity index is 1.36. The lowest BCUT2D eigenvalue weighted by atomic mass is 9.97. The highest BCUT2D eigenvalue weighted by Gasteiger charge is 2.26. The largest absolute Gasteiger partial charge is 0.356 e. The van der Waals surface area contributed by atoms with Gasteiger partial charge in [0.2, 0.25) is 5.91 Å². The third-order valence-corrected chi connectivity index (χ3v) is 5.59. The van der Waals surface area contributed by atoms with Crippen LogP contribution in [0, 0.1) is 5.92 Å². The molecule has 3 aromatic rings. The zero-order valence-corrected chi connectivity index (χ0v) is 15.7. The predicted octanol–water partition coefficient (Wildman–Crippen LogP) is 1.69. The maximum atomic E-state index is 12.6. The summed E-state index contributed by atoms with van der Waals surface area (Å²) in [6, 6.07) is 6.02. The van der Waals surface area contributed by atoms with Crippen LogP contribution in [0.4, 0.5) is 5.82 Å². The summed E-state index contributed by atoms with van der Waals surface area (Å²) in [4.78, 5) is 28.6. The quantitative estimate of drug-likeness (QED) is 0.697. The summed E-state index contributed by atoms with van der Waals surface area (Å²) in [6.07, 6.45) is 7.35. The Morgan fingerprint density at radius 1 is 1.30 bits per heavy atom. The van der Waals surface area contributed by atoms with Crippen LogP contribution in [0.2, 0.25) is 0 Å². The molecule has 1 atom stereocenters. The molecule has 0 spiro atoms. The summed E-state index contributed by atoms with van der Waals surface area (Å²) in [5.74, 6) is 1.58. The van der Waals surface area contributed by atoms with E-state index in [4.69, 9.17) is 0 Å². The minimum absolute atomic E-state index is 0.0214. The number of carbonyl (C=O) groups is 1. The molecule has 27 heavy (non-hydrogen) atoms. The van der Waals surface area contributed by atoms with Crippen molar-refractivity contribution in [3.05, 3.63) is 47.4 Å². The molecule has 1 aliphatic rings. The first kappa shape index (κ1) is 17.6. The first-order valence-corrected chi connectivity index (χ1v) is 9.89. The Bertz CT molecular complexity index is 866. The van der Waals surface area contributed by atoms with Crippen LogP contribution in [0.3, 0.4) is 0 Å². The highest BCUT2D eigenvalue weighted by molar-refractivity contribution is 7.09. The topological polar surface area (TPSA) is 88.8 Å². The number of nitrogens with one attached hydrogen (secondary N) is 1. The van der Waals surface area contributed by atoms with Crippen LogP contribution in [-0.2, 0) is 11.2 Å². The van der Waals surface area contributed by atoms with E-state index in [1.165, 1.54) is 17.5 Å². The molecule has 0 bridgehead atoms. The Labute approximate surface area is 161 Å². The lowest BCUT2D eigenvalue weighted by Gasteiger charge is -2.32. The first-order valence-electron chi connectivity index (χ1n) is 9.01. The van der Waals surface area contributed by atoms with Crippen molar-refractivity contribution in [1.29, 1.82) is 0 Å². The van der Waals surface area contributed by atoms with Gasteiger partial charge in [0.25, 0.3) is 0 Å². The van der Waals surface area contributed by atoms with Gasteiger partial charge in [-0.15, -0.1) is 11.3 Å². The third kappa shape index (κ3) is 4.30. The maximum Gasteiger partial charge on any atom is 0.224 e. The highest BCUT2D eigenvalue weighted by atomic mass is 32.1. The van der Waals surface area contributed by atoms with Gasteiger partial charge in [0, 0.05) is 30.6 Å². The van der Waals surface area contributed by atoms with Crippen molar-refractivity contribution in [2.24, 2.45) is 5.92 Å². The lowest BCUT2D eigenvalue weighted by Crippen LogP contribution is -2.43. The Morgan fingerprint density at radius 3 is 3.04 bits per heavy atom. The average molecular weight is 383 g/mol. The molecule has 140 valence electrons. The molecule has 3 aromatic heterocycles. The van der Waals surface area contributed by atoms with E-state index in [9.17, 15) is 4.79 Å². The molecule has 1 fully saturated rings. The molecular weight excluding hydrogens is 362 g/mol. The standard InChI is InChI=1S/C18H21N7OS/c26-18(20-6-5-15-4-2-8-27-15)14-3-1-7-24(10-14)16-9-17(22-12-21-16)25-13-19-11-23-25/h2,4,8-9,11-14H,1,3,5-7,10H2,(H,20,26). The number of nitrogens with zero attached hydrogens (tertiary/aromatic N) is 6. The number of amides is 1. The molecule has 0 aliphatic carbocycles. The normalized spacial score (nSPS) is 17.0. The first-order chi connectivity index (χ1) is 13.3. The van der Waals surface area contributed by atoms with Gasteiger partial charge in [0.1, 0.15) is 24.8 Å². The predicted molar refractivity (Wildman–Crippen MR) is 103 cm³/mol. The number of aromatic nitrogens is 5. The molecule has 0 radical (unpaired) electrons. The summed E-state index contributed by atoms with van der Waals surface area (Å²) in [7, 11) is 0. The Hall–Kier alpha value is -2.81. The number of thiophene rings is 1. The van der Waals surface area contributed by atoms with Gasteiger partial charge < -0.3 is 10.2 Å². The van der Waals surface area contributed by atoms with Crippen molar-refractivity contribution >= 4 is 23.1 Å². The highest BCUT2D eigenvalue weighted by Crippen LogP contribution is 2.22. The van der Waals surface area contributed by atoms with Crippen LogP contribution in [-0.4, -0.2) is 50.3 Å². The Kier molecular flexibility index (Phi) is 5.38. The van der Waals surface area contributed by atoms with Gasteiger partial charge in [-0.05, 0) is 30.7 Å². The summed E-state index contributed by atoms with van der Waals surface area (Å²) >= 11 is 1.72. The monoisotopic (exact) mass is 383 g/mol. The van der Waals surface area contributed by atoms with Crippen molar-refractivity contribution in [3.8, 4) is 5.82 Å². The van der Waals surface area contributed by atoms with Crippen LogP contribution in [0.15, 0.2) is 42.6 Å². The van der Waals surface area contributed by atoms with Crippen LogP contribution in [0.5, 0.6) is 0 Å². The molecule has 1 amide bonds. The van der Waals surface area contributed by atoms with Crippen molar-refractivity contribution in [2.75, 3.05) is 24.5 Å². The minimum Gasteiger partial charge on any atom is -0.356 e. The zero-order valence-electron chi connectivity index (χ0n) is 14.9. The molecule has 8 nitrogen and oxygen atoms in total. The van der Waals surface area contributed by atoms with E-state index < -0.39 is 0 Å². The second kappa shape index (κ2) is 8.26. The van der Waals surface area contributed by atoms with Crippen LogP contribution in [0.25, 0.3) is 5.82 Å². The molecule has 4 heterocycles. The van der Waals surface area contributed by atoms with Crippen molar-refractivity contribution in [3.63, 3.8) is 0 Å². The van der Waals surface area contributed by atoms with Crippen LogP contribution >= 0.6 is 11.3 Å². The summed E-state index contributed by atoms with van der Waals surface area (Å²) in [5, 5.41) is 9.25. The molecule has 9 heteroatoms. The molecule has 1 saturated heterocycles. The number of piperidine rings is 1. The van der Waals surface area contributed by atoms with Gasteiger partial charge in [-0.3, -0.25) is 4.79 Å². The van der Waals surface area contributed by atoms with Gasteiger partial charge in [0.15, 0.2) is 5.82 Å². The minimum atomic E-state index is -0.0214. The number of hydrogen-bond acceptors (Lipinski definition) is 7. The second-order valence-electron chi connectivity index (χ2n) is 6.48. The molecule has 0 aromatic carbocycles. The van der Waals surface area contributed by atoms with Gasteiger partial charge in [-0.25, -0.2) is 19.6 Å². The van der Waals surface area contributed by atoms with Crippen molar-refractivity contribution in [1.82, 2.24) is 30.0 Å². The van der Waals surface area contributed by atoms with Gasteiger partial charge >= 0.3 is 0 Å². The molecule has 1 unspecified atom stereocenters. The maximum absolute atomic E-state index is 12.6. The molecular formula is C18H21N7OS. The smallest absolute Gasteiger partial charge is 0.224 e. The van der Waals surface area contributed by atoms with Crippen LogP contribution in [0.1, 0.15) is 17.7 Å². The van der Waals surface area contributed by atoms with E-state index in [0.29, 0.717) is 18.9 Å². The van der Waals surface area contributed by atoms with E-state index in [-0.39, 0.29) is 11.8 Å². The average Bonchev–Trinajstić information content (AvgIpc) is 3.42. The SMILES string of the molecule is O=C(NCCc1cccs1)C1CCCN(c2cc(-n3cncn3)ncn2)C1. The fourth-order valence-corrected chi connectivity index (χ4v) is 3.98. The van der Waals surface area contributed by atoms with Gasteiger partial charge in [-0.2, -0.15) is 5.10 Å². The van der Waals surface area contributed by atoms with Gasteiger partial charge in [-0.1, -0.05) is 6.07 Å². The lowest BCUT2D eigenvalue weighted by molar-refractivity contribution is -0.125. The molecule has 1 N–H and O–H groups in total. The van der Waals surface area contributed by atoms with E-state index in [1.54, 1.807) is 22.3 Å². The number of hydrogen-bond donors (Lipinski definition) is 1. The summed E-state index contributed by atoms with van der Waals surface area (Å²) in [5.41, 5.74) is 0. The van der Waals surface area contributed by atoms with Crippen molar-refractivity contribution < 1.29 is 4.79 Å². The van der Waals surface area contributed by atoms with Crippen molar-refractivity contribution in [2.45, 2.75) is 19.3 Å². The molecule has 4 rings (SSSR count). The summed E-state index contributed by atoms with van der Waals surface area (Å²) < 4.78 is 1.60. The van der Waals surface area contributed by atoms with Gasteiger partial charge in [0.05, 0.1) is 5.92 Å². The zero-order chi connectivity index (χ0) is 18.5. The fraction of sp³-hybridized carbons (Fsp3) is 0.389. The van der Waals surface area contributed by atoms with E-state index in [1.807, 2.05) is 12.1 Å². The number of carbonyl (C=O) groups excluding carboxylic acids is 1. The van der Waals surface area contributed by atoms with E-state index in [2.05, 4.69) is 41.7 Å².